The predicted octanol–water partition coefficient (Wildman–Crippen LogP) is 3.87. The number of anilines is 1. The molecular formula is C18H21NO3S. The van der Waals surface area contributed by atoms with Crippen molar-refractivity contribution in [3.8, 4) is 0 Å². The molecule has 23 heavy (non-hydrogen) atoms. The molecule has 2 rings (SSSR count). The number of benzene rings is 1. The van der Waals surface area contributed by atoms with Crippen LogP contribution in [0.4, 0.5) is 5.69 Å². The van der Waals surface area contributed by atoms with Crippen LogP contribution in [0.25, 0.3) is 0 Å². The van der Waals surface area contributed by atoms with E-state index in [0.29, 0.717) is 6.42 Å². The Morgan fingerprint density at radius 1 is 1.17 bits per heavy atom. The lowest BCUT2D eigenvalue weighted by molar-refractivity contribution is -0.153. The maximum atomic E-state index is 12.2. The van der Waals surface area contributed by atoms with E-state index in [2.05, 4.69) is 5.32 Å². The Balaban J connectivity index is 1.86. The largest absolute Gasteiger partial charge is 0.453 e. The summed E-state index contributed by atoms with van der Waals surface area (Å²) < 4.78 is 5.22. The topological polar surface area (TPSA) is 55.4 Å². The fourth-order valence-electron chi connectivity index (χ4n) is 2.23. The molecule has 0 saturated heterocycles. The minimum absolute atomic E-state index is 0.279. The van der Waals surface area contributed by atoms with Crippen molar-refractivity contribution in [1.82, 2.24) is 0 Å². The zero-order valence-corrected chi connectivity index (χ0v) is 14.4. The van der Waals surface area contributed by atoms with E-state index < -0.39 is 6.10 Å². The van der Waals surface area contributed by atoms with Gasteiger partial charge in [-0.15, -0.1) is 11.3 Å². The van der Waals surface area contributed by atoms with Crippen LogP contribution in [0.3, 0.4) is 0 Å². The standard InChI is InChI=1S/C18H21NO3S/c1-12-6-4-7-13(2)17(12)19-18(21)14(3)22-16(20)10-9-15-8-5-11-23-15/h4-8,11,14H,9-10H2,1-3H3,(H,19,21)/t14-/m1/s1. The highest BCUT2D eigenvalue weighted by molar-refractivity contribution is 7.09. The third-order valence-electron chi connectivity index (χ3n) is 3.56. The van der Waals surface area contributed by atoms with E-state index in [1.807, 2.05) is 49.6 Å². The molecule has 1 heterocycles. The molecule has 122 valence electrons. The minimum atomic E-state index is -0.815. The fraction of sp³-hybridized carbons (Fsp3) is 0.333. The number of hydrogen-bond acceptors (Lipinski definition) is 4. The van der Waals surface area contributed by atoms with Crippen LogP contribution in [0.1, 0.15) is 29.3 Å². The smallest absolute Gasteiger partial charge is 0.306 e. The summed E-state index contributed by atoms with van der Waals surface area (Å²) in [5.74, 6) is -0.672. The number of carbonyl (C=O) groups excluding carboxylic acids is 2. The van der Waals surface area contributed by atoms with Crippen molar-refractivity contribution < 1.29 is 14.3 Å². The van der Waals surface area contributed by atoms with E-state index in [9.17, 15) is 9.59 Å². The molecule has 4 nitrogen and oxygen atoms in total. The molecule has 1 amide bonds. The number of carbonyl (C=O) groups is 2. The van der Waals surface area contributed by atoms with E-state index in [4.69, 9.17) is 4.74 Å². The Labute approximate surface area is 140 Å². The van der Waals surface area contributed by atoms with Gasteiger partial charge in [0.2, 0.25) is 0 Å². The van der Waals surface area contributed by atoms with Crippen LogP contribution in [0.5, 0.6) is 0 Å². The average Bonchev–Trinajstić information content (AvgIpc) is 3.02. The molecule has 1 aromatic heterocycles. The van der Waals surface area contributed by atoms with Gasteiger partial charge in [0.1, 0.15) is 0 Å². The zero-order valence-electron chi connectivity index (χ0n) is 13.6. The van der Waals surface area contributed by atoms with Crippen LogP contribution in [0, 0.1) is 13.8 Å². The maximum Gasteiger partial charge on any atom is 0.306 e. The van der Waals surface area contributed by atoms with E-state index in [1.165, 1.54) is 0 Å². The summed E-state index contributed by atoms with van der Waals surface area (Å²) in [5.41, 5.74) is 2.74. The summed E-state index contributed by atoms with van der Waals surface area (Å²) in [4.78, 5) is 25.2. The van der Waals surface area contributed by atoms with Crippen LogP contribution in [0.15, 0.2) is 35.7 Å². The summed E-state index contributed by atoms with van der Waals surface area (Å²) in [7, 11) is 0. The highest BCUT2D eigenvalue weighted by Crippen LogP contribution is 2.20. The van der Waals surface area contributed by atoms with Gasteiger partial charge >= 0.3 is 5.97 Å². The van der Waals surface area contributed by atoms with Gasteiger partial charge in [-0.1, -0.05) is 24.3 Å². The maximum absolute atomic E-state index is 12.2. The number of rotatable bonds is 6. The molecule has 1 aromatic carbocycles. The highest BCUT2D eigenvalue weighted by atomic mass is 32.1. The average molecular weight is 331 g/mol. The number of amides is 1. The van der Waals surface area contributed by atoms with E-state index in [0.717, 1.165) is 21.7 Å². The second-order valence-electron chi connectivity index (χ2n) is 5.47. The van der Waals surface area contributed by atoms with Crippen molar-refractivity contribution in [2.24, 2.45) is 0 Å². The van der Waals surface area contributed by atoms with Gasteiger partial charge in [-0.2, -0.15) is 0 Å². The Kier molecular flexibility index (Phi) is 5.93. The highest BCUT2D eigenvalue weighted by Gasteiger charge is 2.19. The summed E-state index contributed by atoms with van der Waals surface area (Å²) >= 11 is 1.61. The molecule has 0 unspecified atom stereocenters. The Morgan fingerprint density at radius 2 is 1.87 bits per heavy atom. The molecule has 1 atom stereocenters. The normalized spacial score (nSPS) is 11.8. The van der Waals surface area contributed by atoms with Crippen molar-refractivity contribution in [3.63, 3.8) is 0 Å². The molecule has 0 aliphatic carbocycles. The molecule has 0 radical (unpaired) electrons. The van der Waals surface area contributed by atoms with E-state index in [-0.39, 0.29) is 18.3 Å². The van der Waals surface area contributed by atoms with Gasteiger partial charge in [-0.25, -0.2) is 0 Å². The van der Waals surface area contributed by atoms with Crippen LogP contribution in [-0.2, 0) is 20.7 Å². The summed E-state index contributed by atoms with van der Waals surface area (Å²) in [6.45, 7) is 5.45. The fourth-order valence-corrected chi connectivity index (χ4v) is 2.94. The van der Waals surface area contributed by atoms with Crippen molar-refractivity contribution in [2.75, 3.05) is 5.32 Å². The molecule has 0 spiro atoms. The number of thiophene rings is 1. The minimum Gasteiger partial charge on any atom is -0.453 e. The van der Waals surface area contributed by atoms with Crippen LogP contribution >= 0.6 is 11.3 Å². The van der Waals surface area contributed by atoms with Gasteiger partial charge in [-0.3, -0.25) is 9.59 Å². The number of hydrogen-bond donors (Lipinski definition) is 1. The molecule has 5 heteroatoms. The quantitative estimate of drug-likeness (QED) is 0.818. The van der Waals surface area contributed by atoms with Gasteiger partial charge in [0.05, 0.1) is 6.42 Å². The van der Waals surface area contributed by atoms with Gasteiger partial charge in [-0.05, 0) is 49.8 Å². The molecular weight excluding hydrogens is 310 g/mol. The first-order valence-corrected chi connectivity index (χ1v) is 8.44. The Bertz CT molecular complexity index is 659. The van der Waals surface area contributed by atoms with Gasteiger partial charge in [0.25, 0.3) is 5.91 Å². The summed E-state index contributed by atoms with van der Waals surface area (Å²) in [6.07, 6.45) is 0.105. The molecule has 0 fully saturated rings. The summed E-state index contributed by atoms with van der Waals surface area (Å²) in [5, 5.41) is 4.81. The van der Waals surface area contributed by atoms with Gasteiger partial charge in [0, 0.05) is 10.6 Å². The van der Waals surface area contributed by atoms with Crippen molar-refractivity contribution in [1.29, 1.82) is 0 Å². The van der Waals surface area contributed by atoms with Crippen LogP contribution in [0.2, 0.25) is 0 Å². The third-order valence-corrected chi connectivity index (χ3v) is 4.50. The first kappa shape index (κ1) is 17.2. The number of esters is 1. The van der Waals surface area contributed by atoms with E-state index in [1.54, 1.807) is 18.3 Å². The van der Waals surface area contributed by atoms with Gasteiger partial charge in [0.15, 0.2) is 6.10 Å². The molecule has 0 saturated carbocycles. The van der Waals surface area contributed by atoms with Crippen molar-refractivity contribution in [3.05, 3.63) is 51.7 Å². The Morgan fingerprint density at radius 3 is 2.48 bits per heavy atom. The number of para-hydroxylation sites is 1. The lowest BCUT2D eigenvalue weighted by Gasteiger charge is -2.16. The number of nitrogens with one attached hydrogen (secondary N) is 1. The monoisotopic (exact) mass is 331 g/mol. The second kappa shape index (κ2) is 7.92. The summed E-state index contributed by atoms with van der Waals surface area (Å²) in [6, 6.07) is 9.73. The molecule has 1 N–H and O–H groups in total. The lowest BCUT2D eigenvalue weighted by Crippen LogP contribution is -2.30. The number of aryl methyl sites for hydroxylation is 3. The SMILES string of the molecule is Cc1cccc(C)c1NC(=O)[C@@H](C)OC(=O)CCc1cccs1. The van der Waals surface area contributed by atoms with Crippen LogP contribution in [-0.4, -0.2) is 18.0 Å². The molecule has 0 bridgehead atoms. The van der Waals surface area contributed by atoms with Crippen molar-refractivity contribution in [2.45, 2.75) is 39.7 Å². The first-order chi connectivity index (χ1) is 11.0. The van der Waals surface area contributed by atoms with E-state index >= 15 is 0 Å². The predicted molar refractivity (Wildman–Crippen MR) is 92.7 cm³/mol. The molecule has 0 aliphatic heterocycles. The van der Waals surface area contributed by atoms with Gasteiger partial charge < -0.3 is 10.1 Å². The molecule has 0 aliphatic rings. The first-order valence-electron chi connectivity index (χ1n) is 7.56. The Hall–Kier alpha value is -2.14. The second-order valence-corrected chi connectivity index (χ2v) is 6.50. The molecule has 2 aromatic rings. The van der Waals surface area contributed by atoms with Crippen LogP contribution < -0.4 is 5.32 Å². The number of ether oxygens (including phenoxy) is 1. The zero-order chi connectivity index (χ0) is 16.8. The third kappa shape index (κ3) is 4.93. The van der Waals surface area contributed by atoms with Crippen molar-refractivity contribution >= 4 is 28.9 Å². The lowest BCUT2D eigenvalue weighted by atomic mass is 10.1.